The molecule has 2 rings (SSSR count). The lowest BCUT2D eigenvalue weighted by molar-refractivity contribution is -0.240. The molecule has 2 aromatic rings. The molecule has 2 aromatic carbocycles. The fourth-order valence-electron chi connectivity index (χ4n) is 2.57. The number of hydrogen-bond donors (Lipinski definition) is 2. The first-order chi connectivity index (χ1) is 12.0. The Hall–Kier alpha value is -2.64. The Balaban J connectivity index is 2.40. The molecule has 0 saturated heterocycles. The summed E-state index contributed by atoms with van der Waals surface area (Å²) in [5.74, 6) is -0.524. The summed E-state index contributed by atoms with van der Waals surface area (Å²) in [5, 5.41) is 2.57. The van der Waals surface area contributed by atoms with Gasteiger partial charge in [-0.25, -0.2) is 8.78 Å². The Bertz CT molecular complexity index is 812. The Labute approximate surface area is 147 Å². The third-order valence-corrected chi connectivity index (χ3v) is 4.01. The van der Waals surface area contributed by atoms with Crippen LogP contribution in [0, 0.1) is 13.8 Å². The number of halogens is 5. The highest BCUT2D eigenvalue weighted by Crippen LogP contribution is 2.44. The maximum Gasteiger partial charge on any atom is 0.429 e. The molecule has 0 saturated carbocycles. The van der Waals surface area contributed by atoms with E-state index >= 15 is 0 Å². The first-order valence-corrected chi connectivity index (χ1v) is 7.60. The van der Waals surface area contributed by atoms with Gasteiger partial charge in [-0.2, -0.15) is 13.2 Å². The van der Waals surface area contributed by atoms with Crippen molar-refractivity contribution < 1.29 is 26.7 Å². The van der Waals surface area contributed by atoms with Crippen molar-refractivity contribution >= 4 is 17.3 Å². The molecule has 1 atom stereocenters. The second-order valence-corrected chi connectivity index (χ2v) is 6.00. The average Bonchev–Trinajstić information content (AvgIpc) is 2.55. The van der Waals surface area contributed by atoms with Gasteiger partial charge >= 0.3 is 6.18 Å². The highest BCUT2D eigenvalue weighted by Gasteiger charge is 2.57. The molecule has 140 valence electrons. The number of carbonyl (C=O) groups excluding carboxylic acids is 1. The molecule has 3 N–H and O–H groups in total. The minimum Gasteiger partial charge on any atom is -0.399 e. The SMILES string of the molecule is Cc1cc(C(F)(CF)C(F)(F)F)cc(C)c1NC(=O)c1cccc(N)c1. The number of aryl methyl sites for hydroxylation is 2. The summed E-state index contributed by atoms with van der Waals surface area (Å²) in [6, 6.07) is 7.90. The lowest BCUT2D eigenvalue weighted by Crippen LogP contribution is -2.40. The summed E-state index contributed by atoms with van der Waals surface area (Å²) in [4.78, 5) is 12.3. The summed E-state index contributed by atoms with van der Waals surface area (Å²) in [6.07, 6.45) is -5.40. The van der Waals surface area contributed by atoms with Crippen molar-refractivity contribution in [1.82, 2.24) is 0 Å². The number of nitrogen functional groups attached to an aromatic ring is 1. The van der Waals surface area contributed by atoms with Crippen molar-refractivity contribution in [2.45, 2.75) is 25.7 Å². The molecule has 0 aliphatic rings. The zero-order valence-corrected chi connectivity index (χ0v) is 14.0. The van der Waals surface area contributed by atoms with E-state index < -0.39 is 30.0 Å². The van der Waals surface area contributed by atoms with E-state index in [9.17, 15) is 26.7 Å². The van der Waals surface area contributed by atoms with Gasteiger partial charge in [0.05, 0.1) is 0 Å². The van der Waals surface area contributed by atoms with Crippen LogP contribution in [0.4, 0.5) is 33.3 Å². The Morgan fingerprint density at radius 1 is 1.08 bits per heavy atom. The Morgan fingerprint density at radius 2 is 1.65 bits per heavy atom. The summed E-state index contributed by atoms with van der Waals surface area (Å²) in [6.45, 7) is 0.575. The van der Waals surface area contributed by atoms with Gasteiger partial charge in [0.2, 0.25) is 0 Å². The second-order valence-electron chi connectivity index (χ2n) is 6.00. The second kappa shape index (κ2) is 6.93. The highest BCUT2D eigenvalue weighted by atomic mass is 19.4. The molecular weight excluding hydrogens is 355 g/mol. The standard InChI is InChI=1S/C18H17F5N2O/c1-10-6-13(17(20,9-19)18(21,22)23)7-11(2)15(10)25-16(26)12-4-3-5-14(24)8-12/h3-8H,9,24H2,1-2H3,(H,25,26). The van der Waals surface area contributed by atoms with Crippen LogP contribution in [0.3, 0.4) is 0 Å². The van der Waals surface area contributed by atoms with Gasteiger partial charge in [0.1, 0.15) is 6.67 Å². The lowest BCUT2D eigenvalue weighted by Gasteiger charge is -2.27. The van der Waals surface area contributed by atoms with Gasteiger partial charge in [-0.3, -0.25) is 4.79 Å². The first kappa shape index (κ1) is 19.7. The Kier molecular flexibility index (Phi) is 5.25. The van der Waals surface area contributed by atoms with Crippen LogP contribution < -0.4 is 11.1 Å². The molecule has 8 heteroatoms. The molecule has 0 heterocycles. The van der Waals surface area contributed by atoms with Gasteiger partial charge in [0, 0.05) is 22.5 Å². The van der Waals surface area contributed by atoms with Crippen molar-refractivity contribution in [2.75, 3.05) is 17.7 Å². The van der Waals surface area contributed by atoms with Gasteiger partial charge in [-0.05, 0) is 43.2 Å². The molecule has 1 amide bonds. The quantitative estimate of drug-likeness (QED) is 0.596. The Morgan fingerprint density at radius 3 is 2.12 bits per heavy atom. The van der Waals surface area contributed by atoms with E-state index in [-0.39, 0.29) is 22.4 Å². The molecule has 0 bridgehead atoms. The summed E-state index contributed by atoms with van der Waals surface area (Å²) in [5.41, 5.74) is 1.88. The van der Waals surface area contributed by atoms with Gasteiger partial charge in [-0.1, -0.05) is 18.2 Å². The van der Waals surface area contributed by atoms with Crippen molar-refractivity contribution in [3.05, 3.63) is 58.7 Å². The van der Waals surface area contributed by atoms with Crippen LogP contribution in [0.1, 0.15) is 27.0 Å². The van der Waals surface area contributed by atoms with Crippen molar-refractivity contribution in [3.8, 4) is 0 Å². The number of anilines is 2. The lowest BCUT2D eigenvalue weighted by atomic mass is 9.92. The van der Waals surface area contributed by atoms with Gasteiger partial charge < -0.3 is 11.1 Å². The third kappa shape index (κ3) is 3.63. The number of rotatable bonds is 4. The fourth-order valence-corrected chi connectivity index (χ4v) is 2.57. The van der Waals surface area contributed by atoms with Crippen LogP contribution in [0.15, 0.2) is 36.4 Å². The molecule has 0 aromatic heterocycles. The number of nitrogens with one attached hydrogen (secondary N) is 1. The third-order valence-electron chi connectivity index (χ3n) is 4.01. The molecule has 1 unspecified atom stereocenters. The zero-order chi connectivity index (χ0) is 19.7. The normalized spacial score (nSPS) is 14.0. The van der Waals surface area contributed by atoms with Crippen LogP contribution >= 0.6 is 0 Å². The van der Waals surface area contributed by atoms with E-state index in [0.717, 1.165) is 12.1 Å². The van der Waals surface area contributed by atoms with Crippen LogP contribution in [0.5, 0.6) is 0 Å². The summed E-state index contributed by atoms with van der Waals surface area (Å²) < 4.78 is 65.9. The molecule has 0 spiro atoms. The molecule has 0 radical (unpaired) electrons. The van der Waals surface area contributed by atoms with E-state index in [4.69, 9.17) is 5.73 Å². The van der Waals surface area contributed by atoms with Crippen LogP contribution in [-0.2, 0) is 5.67 Å². The average molecular weight is 372 g/mol. The number of amides is 1. The number of hydrogen-bond acceptors (Lipinski definition) is 2. The zero-order valence-electron chi connectivity index (χ0n) is 14.0. The van der Waals surface area contributed by atoms with Gasteiger partial charge in [0.15, 0.2) is 0 Å². The minimum atomic E-state index is -5.40. The van der Waals surface area contributed by atoms with Crippen molar-refractivity contribution in [3.63, 3.8) is 0 Å². The van der Waals surface area contributed by atoms with Gasteiger partial charge in [-0.15, -0.1) is 0 Å². The molecule has 0 fully saturated rings. The summed E-state index contributed by atoms with van der Waals surface area (Å²) in [7, 11) is 0. The van der Waals surface area contributed by atoms with Crippen LogP contribution in [-0.4, -0.2) is 18.8 Å². The van der Waals surface area contributed by atoms with E-state index in [1.165, 1.54) is 26.0 Å². The molecule has 0 aliphatic heterocycles. The summed E-state index contributed by atoms with van der Waals surface area (Å²) >= 11 is 0. The number of nitrogens with two attached hydrogens (primary N) is 1. The minimum absolute atomic E-state index is 0.178. The maximum atomic E-state index is 14.2. The molecular formula is C18H17F5N2O. The van der Waals surface area contributed by atoms with E-state index in [0.29, 0.717) is 5.69 Å². The van der Waals surface area contributed by atoms with Crippen LogP contribution in [0.2, 0.25) is 0 Å². The molecule has 26 heavy (non-hydrogen) atoms. The largest absolute Gasteiger partial charge is 0.429 e. The van der Waals surface area contributed by atoms with E-state index in [1.54, 1.807) is 12.1 Å². The maximum absolute atomic E-state index is 14.2. The highest BCUT2D eigenvalue weighted by molar-refractivity contribution is 6.05. The number of alkyl halides is 5. The molecule has 0 aliphatic carbocycles. The number of carbonyl (C=O) groups is 1. The van der Waals surface area contributed by atoms with Crippen molar-refractivity contribution in [1.29, 1.82) is 0 Å². The predicted molar refractivity (Wildman–Crippen MR) is 89.5 cm³/mol. The van der Waals surface area contributed by atoms with Crippen LogP contribution in [0.25, 0.3) is 0 Å². The molecule has 3 nitrogen and oxygen atoms in total. The monoisotopic (exact) mass is 372 g/mol. The van der Waals surface area contributed by atoms with Gasteiger partial charge in [0.25, 0.3) is 11.6 Å². The topological polar surface area (TPSA) is 55.1 Å². The van der Waals surface area contributed by atoms with Crippen molar-refractivity contribution in [2.24, 2.45) is 0 Å². The van der Waals surface area contributed by atoms with E-state index in [1.807, 2.05) is 0 Å². The smallest absolute Gasteiger partial charge is 0.399 e. The predicted octanol–water partition coefficient (Wildman–Crippen LogP) is 4.83. The van der Waals surface area contributed by atoms with E-state index in [2.05, 4.69) is 5.32 Å². The first-order valence-electron chi connectivity index (χ1n) is 7.60. The fraction of sp³-hybridized carbons (Fsp3) is 0.278. The number of benzene rings is 2.